The SMILES string of the molecule is CC[C@@H](NC(=O)CN(c1cccc(OC(C)C)c1)S(C)(=O)=O)c1ccc2c(c1)CCCC2. The molecule has 0 aromatic heterocycles. The Kier molecular flexibility index (Phi) is 7.82. The smallest absolute Gasteiger partial charge is 0.241 e. The Hall–Kier alpha value is -2.54. The standard InChI is InChI=1S/C25H34N2O4S/c1-5-24(21-14-13-19-9-6-7-10-20(19)15-21)26-25(28)17-27(32(4,29)30)22-11-8-12-23(16-22)31-18(2)3/h8,11-16,18,24H,5-7,9-10,17H2,1-4H3,(H,26,28)/t24-/m1/s1. The summed E-state index contributed by atoms with van der Waals surface area (Å²) in [4.78, 5) is 12.9. The van der Waals surface area contributed by atoms with E-state index in [9.17, 15) is 13.2 Å². The first-order chi connectivity index (χ1) is 15.2. The minimum atomic E-state index is -3.66. The highest BCUT2D eigenvalue weighted by atomic mass is 32.2. The molecular formula is C25H34N2O4S. The number of hydrogen-bond acceptors (Lipinski definition) is 4. The zero-order chi connectivity index (χ0) is 23.3. The number of hydrogen-bond donors (Lipinski definition) is 1. The maximum absolute atomic E-state index is 12.9. The number of nitrogens with zero attached hydrogens (tertiary/aromatic N) is 1. The van der Waals surface area contributed by atoms with E-state index < -0.39 is 10.0 Å². The van der Waals surface area contributed by atoms with Crippen LogP contribution in [0.4, 0.5) is 5.69 Å². The van der Waals surface area contributed by atoms with Crippen LogP contribution in [0.25, 0.3) is 0 Å². The van der Waals surface area contributed by atoms with Gasteiger partial charge in [0.1, 0.15) is 12.3 Å². The molecule has 0 heterocycles. The fourth-order valence-electron chi connectivity index (χ4n) is 4.15. The number of sulfonamides is 1. The molecule has 0 bridgehead atoms. The van der Waals surface area contributed by atoms with Gasteiger partial charge in [0.2, 0.25) is 15.9 Å². The third kappa shape index (κ3) is 6.25. The van der Waals surface area contributed by atoms with Gasteiger partial charge in [-0.1, -0.05) is 31.2 Å². The predicted molar refractivity (Wildman–Crippen MR) is 129 cm³/mol. The molecule has 1 amide bonds. The predicted octanol–water partition coefficient (Wildman–Crippen LogP) is 4.39. The van der Waals surface area contributed by atoms with Crippen molar-refractivity contribution >= 4 is 21.6 Å². The Bertz CT molecular complexity index is 1050. The van der Waals surface area contributed by atoms with E-state index in [0.29, 0.717) is 11.4 Å². The van der Waals surface area contributed by atoms with Gasteiger partial charge in [-0.05, 0) is 74.8 Å². The molecule has 0 unspecified atom stereocenters. The molecule has 32 heavy (non-hydrogen) atoms. The lowest BCUT2D eigenvalue weighted by Crippen LogP contribution is -2.41. The van der Waals surface area contributed by atoms with Gasteiger partial charge < -0.3 is 10.1 Å². The van der Waals surface area contributed by atoms with Crippen LogP contribution in [0.2, 0.25) is 0 Å². The summed E-state index contributed by atoms with van der Waals surface area (Å²) in [5.41, 5.74) is 4.23. The minimum Gasteiger partial charge on any atom is -0.491 e. The first kappa shape index (κ1) is 24.1. The summed E-state index contributed by atoms with van der Waals surface area (Å²) in [6.45, 7) is 5.54. The molecule has 0 radical (unpaired) electrons. The van der Waals surface area contributed by atoms with Gasteiger partial charge in [-0.25, -0.2) is 8.42 Å². The van der Waals surface area contributed by atoms with E-state index in [0.717, 1.165) is 35.4 Å². The highest BCUT2D eigenvalue weighted by Crippen LogP contribution is 2.27. The molecule has 1 aliphatic rings. The molecule has 2 aromatic rings. The van der Waals surface area contributed by atoms with Crippen LogP contribution in [0.1, 0.15) is 62.8 Å². The molecule has 0 saturated heterocycles. The number of aryl methyl sites for hydroxylation is 2. The first-order valence-electron chi connectivity index (χ1n) is 11.3. The van der Waals surface area contributed by atoms with Crippen molar-refractivity contribution in [3.8, 4) is 5.75 Å². The molecule has 174 valence electrons. The summed E-state index contributed by atoms with van der Waals surface area (Å²) in [5, 5.41) is 3.03. The van der Waals surface area contributed by atoms with Crippen LogP contribution < -0.4 is 14.4 Å². The van der Waals surface area contributed by atoms with Crippen LogP contribution in [-0.2, 0) is 27.7 Å². The normalized spacial score (nSPS) is 14.5. The van der Waals surface area contributed by atoms with E-state index in [4.69, 9.17) is 4.74 Å². The lowest BCUT2D eigenvalue weighted by atomic mass is 9.89. The number of nitrogens with one attached hydrogen (secondary N) is 1. The Balaban J connectivity index is 1.76. The maximum atomic E-state index is 12.9. The molecule has 1 atom stereocenters. The van der Waals surface area contributed by atoms with Crippen LogP contribution in [0, 0.1) is 0 Å². The van der Waals surface area contributed by atoms with Crippen LogP contribution in [0.15, 0.2) is 42.5 Å². The molecule has 1 N–H and O–H groups in total. The van der Waals surface area contributed by atoms with Crippen molar-refractivity contribution < 1.29 is 17.9 Å². The average Bonchev–Trinajstić information content (AvgIpc) is 2.74. The highest BCUT2D eigenvalue weighted by molar-refractivity contribution is 7.92. The second-order valence-electron chi connectivity index (χ2n) is 8.70. The Morgan fingerprint density at radius 2 is 1.81 bits per heavy atom. The zero-order valence-corrected chi connectivity index (χ0v) is 20.2. The number of carbonyl (C=O) groups excluding carboxylic acids is 1. The Morgan fingerprint density at radius 3 is 2.47 bits per heavy atom. The average molecular weight is 459 g/mol. The summed E-state index contributed by atoms with van der Waals surface area (Å²) < 4.78 is 31.8. The Labute approximate surface area is 192 Å². The van der Waals surface area contributed by atoms with Gasteiger partial charge in [-0.15, -0.1) is 0 Å². The number of anilines is 1. The summed E-state index contributed by atoms with van der Waals surface area (Å²) >= 11 is 0. The largest absolute Gasteiger partial charge is 0.491 e. The van der Waals surface area contributed by atoms with Crippen molar-refractivity contribution in [2.24, 2.45) is 0 Å². The number of ether oxygens (including phenoxy) is 1. The van der Waals surface area contributed by atoms with Gasteiger partial charge in [0.05, 0.1) is 24.1 Å². The van der Waals surface area contributed by atoms with Crippen LogP contribution in [-0.4, -0.2) is 33.2 Å². The van der Waals surface area contributed by atoms with Gasteiger partial charge in [-0.2, -0.15) is 0 Å². The summed E-state index contributed by atoms with van der Waals surface area (Å²) in [6.07, 6.45) is 6.40. The number of fused-ring (bicyclic) bond motifs is 1. The number of benzene rings is 2. The van der Waals surface area contributed by atoms with E-state index in [1.165, 1.54) is 24.0 Å². The minimum absolute atomic E-state index is 0.0397. The summed E-state index contributed by atoms with van der Waals surface area (Å²) in [7, 11) is -3.66. The molecule has 1 aliphatic carbocycles. The molecule has 0 saturated carbocycles. The van der Waals surface area contributed by atoms with Crippen molar-refractivity contribution in [2.75, 3.05) is 17.1 Å². The quantitative estimate of drug-likeness (QED) is 0.605. The van der Waals surface area contributed by atoms with Crippen molar-refractivity contribution in [1.82, 2.24) is 5.32 Å². The highest BCUT2D eigenvalue weighted by Gasteiger charge is 2.23. The number of carbonyl (C=O) groups is 1. The topological polar surface area (TPSA) is 75.7 Å². The lowest BCUT2D eigenvalue weighted by molar-refractivity contribution is -0.120. The first-order valence-corrected chi connectivity index (χ1v) is 13.2. The Morgan fingerprint density at radius 1 is 1.09 bits per heavy atom. The van der Waals surface area contributed by atoms with E-state index in [1.54, 1.807) is 24.3 Å². The third-order valence-corrected chi connectivity index (χ3v) is 6.82. The molecular weight excluding hydrogens is 424 g/mol. The van der Waals surface area contributed by atoms with Crippen molar-refractivity contribution in [3.05, 3.63) is 59.2 Å². The number of amides is 1. The van der Waals surface area contributed by atoms with Gasteiger partial charge in [0.25, 0.3) is 0 Å². The maximum Gasteiger partial charge on any atom is 0.241 e. The van der Waals surface area contributed by atoms with Crippen molar-refractivity contribution in [3.63, 3.8) is 0 Å². The van der Waals surface area contributed by atoms with Crippen molar-refractivity contribution in [2.45, 2.75) is 65.0 Å². The number of rotatable bonds is 9. The van der Waals surface area contributed by atoms with Gasteiger partial charge >= 0.3 is 0 Å². The van der Waals surface area contributed by atoms with Gasteiger partial charge in [-0.3, -0.25) is 9.10 Å². The van der Waals surface area contributed by atoms with Gasteiger partial charge in [0.15, 0.2) is 0 Å². The molecule has 7 heteroatoms. The zero-order valence-electron chi connectivity index (χ0n) is 19.4. The molecule has 0 aliphatic heterocycles. The van der Waals surface area contributed by atoms with E-state index in [-0.39, 0.29) is 24.6 Å². The molecule has 6 nitrogen and oxygen atoms in total. The van der Waals surface area contributed by atoms with E-state index in [2.05, 4.69) is 23.5 Å². The van der Waals surface area contributed by atoms with E-state index >= 15 is 0 Å². The fourth-order valence-corrected chi connectivity index (χ4v) is 4.99. The molecule has 3 rings (SSSR count). The van der Waals surface area contributed by atoms with Crippen molar-refractivity contribution in [1.29, 1.82) is 0 Å². The molecule has 0 fully saturated rings. The monoisotopic (exact) mass is 458 g/mol. The van der Waals surface area contributed by atoms with Crippen LogP contribution in [0.5, 0.6) is 5.75 Å². The molecule has 0 spiro atoms. The second-order valence-corrected chi connectivity index (χ2v) is 10.6. The van der Waals surface area contributed by atoms with Crippen LogP contribution in [0.3, 0.4) is 0 Å². The van der Waals surface area contributed by atoms with Crippen LogP contribution >= 0.6 is 0 Å². The summed E-state index contributed by atoms with van der Waals surface area (Å²) in [6, 6.07) is 13.1. The summed E-state index contributed by atoms with van der Waals surface area (Å²) in [5.74, 6) is 0.224. The molecule has 2 aromatic carbocycles. The fraction of sp³-hybridized carbons (Fsp3) is 0.480. The third-order valence-electron chi connectivity index (χ3n) is 5.68. The van der Waals surface area contributed by atoms with E-state index in [1.807, 2.05) is 20.8 Å². The van der Waals surface area contributed by atoms with Gasteiger partial charge in [0, 0.05) is 6.07 Å². The second kappa shape index (κ2) is 10.4. The lowest BCUT2D eigenvalue weighted by Gasteiger charge is -2.25.